The van der Waals surface area contributed by atoms with Crippen LogP contribution < -0.4 is 14.8 Å². The molecule has 0 aliphatic carbocycles. The van der Waals surface area contributed by atoms with Crippen molar-refractivity contribution in [3.8, 4) is 23.0 Å². The number of rotatable bonds is 7. The number of ether oxygens (including phenoxy) is 2. The van der Waals surface area contributed by atoms with Crippen LogP contribution in [0.25, 0.3) is 11.5 Å². The first-order valence-electron chi connectivity index (χ1n) is 8.17. The van der Waals surface area contributed by atoms with E-state index in [0.717, 1.165) is 17.7 Å². The third-order valence-electron chi connectivity index (χ3n) is 3.72. The summed E-state index contributed by atoms with van der Waals surface area (Å²) in [6.45, 7) is 1.94. The summed E-state index contributed by atoms with van der Waals surface area (Å²) in [5.41, 5.74) is 1.94. The Balaban J connectivity index is 1.55. The van der Waals surface area contributed by atoms with Crippen molar-refractivity contribution in [1.29, 1.82) is 0 Å². The summed E-state index contributed by atoms with van der Waals surface area (Å²) in [6.07, 6.45) is 0.953. The second-order valence-electron chi connectivity index (χ2n) is 5.49. The topological polar surface area (TPSA) is 86.5 Å². The smallest absolute Gasteiger partial charge is 0.270 e. The Bertz CT molecular complexity index is 857. The van der Waals surface area contributed by atoms with Gasteiger partial charge in [-0.05, 0) is 53.5 Å². The average Bonchev–Trinajstić information content (AvgIpc) is 3.15. The molecule has 0 bridgehead atoms. The first-order valence-corrected chi connectivity index (χ1v) is 8.17. The summed E-state index contributed by atoms with van der Waals surface area (Å²) in [6, 6.07) is 14.8. The second-order valence-corrected chi connectivity index (χ2v) is 5.49. The molecule has 0 atom stereocenters. The summed E-state index contributed by atoms with van der Waals surface area (Å²) < 4.78 is 15.7. The molecule has 1 amide bonds. The van der Waals surface area contributed by atoms with Crippen molar-refractivity contribution in [2.75, 3.05) is 19.0 Å². The molecule has 1 heterocycles. The Morgan fingerprint density at radius 1 is 1.08 bits per heavy atom. The van der Waals surface area contributed by atoms with Crippen molar-refractivity contribution in [2.24, 2.45) is 0 Å². The lowest BCUT2D eigenvalue weighted by Gasteiger charge is -2.05. The maximum atomic E-state index is 12.0. The second kappa shape index (κ2) is 8.15. The molecule has 0 saturated carbocycles. The molecular formula is C19H19N3O4. The van der Waals surface area contributed by atoms with Crippen molar-refractivity contribution in [1.82, 2.24) is 10.1 Å². The summed E-state index contributed by atoms with van der Waals surface area (Å²) in [5, 5.41) is 6.29. The number of carbonyl (C=O) groups is 1. The molecule has 0 radical (unpaired) electrons. The van der Waals surface area contributed by atoms with Crippen LogP contribution in [0.4, 0.5) is 5.95 Å². The van der Waals surface area contributed by atoms with E-state index in [1.165, 1.54) is 5.56 Å². The van der Waals surface area contributed by atoms with Gasteiger partial charge in [0.2, 0.25) is 0 Å². The van der Waals surface area contributed by atoms with Gasteiger partial charge < -0.3 is 14.0 Å². The number of amides is 1. The normalized spacial score (nSPS) is 10.4. The fourth-order valence-corrected chi connectivity index (χ4v) is 2.26. The zero-order chi connectivity index (χ0) is 18.4. The third kappa shape index (κ3) is 4.38. The summed E-state index contributed by atoms with van der Waals surface area (Å²) in [4.78, 5) is 16.1. The van der Waals surface area contributed by atoms with E-state index in [4.69, 9.17) is 14.0 Å². The molecule has 0 aliphatic rings. The first-order chi connectivity index (χ1) is 12.7. The molecule has 2 aromatic carbocycles. The Morgan fingerprint density at radius 2 is 1.77 bits per heavy atom. The number of anilines is 1. The molecule has 0 unspecified atom stereocenters. The van der Waals surface area contributed by atoms with Crippen LogP contribution in [0.3, 0.4) is 0 Å². The molecule has 0 saturated heterocycles. The van der Waals surface area contributed by atoms with Gasteiger partial charge in [-0.1, -0.05) is 19.1 Å². The van der Waals surface area contributed by atoms with E-state index >= 15 is 0 Å². The molecule has 0 fully saturated rings. The molecule has 26 heavy (non-hydrogen) atoms. The van der Waals surface area contributed by atoms with Gasteiger partial charge in [0.05, 0.1) is 7.11 Å². The van der Waals surface area contributed by atoms with Gasteiger partial charge in [-0.2, -0.15) is 4.98 Å². The largest absolute Gasteiger partial charge is 0.497 e. The van der Waals surface area contributed by atoms with Crippen molar-refractivity contribution < 1.29 is 18.8 Å². The zero-order valence-corrected chi connectivity index (χ0v) is 14.6. The van der Waals surface area contributed by atoms with Crippen LogP contribution in [0, 0.1) is 0 Å². The van der Waals surface area contributed by atoms with E-state index in [2.05, 4.69) is 22.4 Å². The van der Waals surface area contributed by atoms with E-state index in [1.807, 2.05) is 24.3 Å². The number of methoxy groups -OCH3 is 1. The minimum absolute atomic E-state index is 0.0887. The summed E-state index contributed by atoms with van der Waals surface area (Å²) in [5.74, 6) is 1.38. The van der Waals surface area contributed by atoms with Crippen LogP contribution in [0.2, 0.25) is 0 Å². The lowest BCUT2D eigenvalue weighted by Crippen LogP contribution is -2.20. The van der Waals surface area contributed by atoms with Crippen molar-refractivity contribution in [3.05, 3.63) is 54.1 Å². The Labute approximate surface area is 150 Å². The highest BCUT2D eigenvalue weighted by molar-refractivity contribution is 5.90. The van der Waals surface area contributed by atoms with Gasteiger partial charge in [-0.25, -0.2) is 0 Å². The standard InChI is InChI=1S/C19H19N3O4/c1-3-13-4-8-16(9-5-13)25-12-17(23)20-19-21-18(26-22-19)14-6-10-15(24-2)11-7-14/h4-11H,3,12H2,1-2H3,(H,20,22,23). The minimum Gasteiger partial charge on any atom is -0.497 e. The van der Waals surface area contributed by atoms with E-state index in [1.54, 1.807) is 31.4 Å². The number of nitrogens with one attached hydrogen (secondary N) is 1. The molecule has 134 valence electrons. The van der Waals surface area contributed by atoms with Gasteiger partial charge in [0, 0.05) is 5.56 Å². The molecule has 1 N–H and O–H groups in total. The number of aromatic nitrogens is 2. The van der Waals surface area contributed by atoms with Gasteiger partial charge in [0.25, 0.3) is 17.7 Å². The number of carbonyl (C=O) groups excluding carboxylic acids is 1. The summed E-state index contributed by atoms with van der Waals surface area (Å²) in [7, 11) is 1.59. The highest BCUT2D eigenvalue weighted by Crippen LogP contribution is 2.21. The highest BCUT2D eigenvalue weighted by Gasteiger charge is 2.12. The van der Waals surface area contributed by atoms with Crippen LogP contribution in [0.15, 0.2) is 53.1 Å². The van der Waals surface area contributed by atoms with Gasteiger partial charge in [-0.3, -0.25) is 10.1 Å². The molecule has 0 spiro atoms. The monoisotopic (exact) mass is 353 g/mol. The lowest BCUT2D eigenvalue weighted by atomic mass is 10.2. The first kappa shape index (κ1) is 17.5. The SMILES string of the molecule is CCc1ccc(OCC(=O)Nc2noc(-c3ccc(OC)cc3)n2)cc1. The predicted octanol–water partition coefficient (Wildman–Crippen LogP) is 3.33. The molecule has 0 aliphatic heterocycles. The minimum atomic E-state index is -0.369. The van der Waals surface area contributed by atoms with Gasteiger partial charge in [-0.15, -0.1) is 0 Å². The molecule has 1 aromatic heterocycles. The summed E-state index contributed by atoms with van der Waals surface area (Å²) >= 11 is 0. The number of benzene rings is 2. The highest BCUT2D eigenvalue weighted by atomic mass is 16.5. The van der Waals surface area contributed by atoms with Crippen LogP contribution in [-0.4, -0.2) is 29.8 Å². The van der Waals surface area contributed by atoms with E-state index in [9.17, 15) is 4.79 Å². The quantitative estimate of drug-likeness (QED) is 0.701. The Kier molecular flexibility index (Phi) is 5.48. The van der Waals surface area contributed by atoms with E-state index in [0.29, 0.717) is 11.6 Å². The number of aryl methyl sites for hydroxylation is 1. The van der Waals surface area contributed by atoms with E-state index < -0.39 is 0 Å². The van der Waals surface area contributed by atoms with Crippen LogP contribution in [0.5, 0.6) is 11.5 Å². The van der Waals surface area contributed by atoms with Gasteiger partial charge in [0.15, 0.2) is 6.61 Å². The fourth-order valence-electron chi connectivity index (χ4n) is 2.26. The maximum Gasteiger partial charge on any atom is 0.270 e. The van der Waals surface area contributed by atoms with Crippen molar-refractivity contribution in [2.45, 2.75) is 13.3 Å². The van der Waals surface area contributed by atoms with Crippen LogP contribution in [-0.2, 0) is 11.2 Å². The number of hydrogen-bond acceptors (Lipinski definition) is 6. The predicted molar refractivity (Wildman–Crippen MR) is 96.2 cm³/mol. The van der Waals surface area contributed by atoms with Crippen molar-refractivity contribution >= 4 is 11.9 Å². The van der Waals surface area contributed by atoms with Crippen LogP contribution in [0.1, 0.15) is 12.5 Å². The van der Waals surface area contributed by atoms with Gasteiger partial charge in [0.1, 0.15) is 11.5 Å². The van der Waals surface area contributed by atoms with Crippen molar-refractivity contribution in [3.63, 3.8) is 0 Å². The molecule has 3 aromatic rings. The number of nitrogens with zero attached hydrogens (tertiary/aromatic N) is 2. The Hall–Kier alpha value is -3.35. The average molecular weight is 353 g/mol. The van der Waals surface area contributed by atoms with E-state index in [-0.39, 0.29) is 18.5 Å². The molecule has 7 heteroatoms. The Morgan fingerprint density at radius 3 is 2.42 bits per heavy atom. The maximum absolute atomic E-state index is 12.0. The fraction of sp³-hybridized carbons (Fsp3) is 0.211. The third-order valence-corrected chi connectivity index (χ3v) is 3.72. The molecular weight excluding hydrogens is 334 g/mol. The molecule has 7 nitrogen and oxygen atoms in total. The van der Waals surface area contributed by atoms with Gasteiger partial charge >= 0.3 is 0 Å². The van der Waals surface area contributed by atoms with Crippen LogP contribution >= 0.6 is 0 Å². The lowest BCUT2D eigenvalue weighted by molar-refractivity contribution is -0.118. The molecule has 3 rings (SSSR count). The zero-order valence-electron chi connectivity index (χ0n) is 14.6. The number of hydrogen-bond donors (Lipinski definition) is 1.